The van der Waals surface area contributed by atoms with Gasteiger partial charge in [0.05, 0.1) is 0 Å². The summed E-state index contributed by atoms with van der Waals surface area (Å²) < 4.78 is 0. The molecule has 1 aromatic heterocycles. The summed E-state index contributed by atoms with van der Waals surface area (Å²) >= 11 is 1.81. The van der Waals surface area contributed by atoms with E-state index in [9.17, 15) is 0 Å². The van der Waals surface area contributed by atoms with Crippen molar-refractivity contribution in [1.29, 1.82) is 0 Å². The second-order valence-corrected chi connectivity index (χ2v) is 6.64. The molecule has 5 heteroatoms. The number of nitrogens with zero attached hydrogens (tertiary/aromatic N) is 2. The van der Waals surface area contributed by atoms with Crippen LogP contribution in [0.15, 0.2) is 22.5 Å². The zero-order valence-corrected chi connectivity index (χ0v) is 15.0. The van der Waals surface area contributed by atoms with Crippen molar-refractivity contribution in [3.8, 4) is 0 Å². The van der Waals surface area contributed by atoms with Gasteiger partial charge in [-0.25, -0.2) is 0 Å². The van der Waals surface area contributed by atoms with Gasteiger partial charge in [-0.15, -0.1) is 11.3 Å². The molecule has 0 aliphatic carbocycles. The molecular weight excluding hydrogens is 294 g/mol. The molecule has 0 spiro atoms. The first-order chi connectivity index (χ1) is 10.7. The van der Waals surface area contributed by atoms with Crippen molar-refractivity contribution in [2.75, 3.05) is 33.3 Å². The molecule has 0 aromatic carbocycles. The first-order valence-corrected chi connectivity index (χ1v) is 9.21. The maximum Gasteiger partial charge on any atom is 0.193 e. The van der Waals surface area contributed by atoms with Crippen molar-refractivity contribution in [2.24, 2.45) is 10.9 Å². The molecule has 1 unspecified atom stereocenters. The Morgan fingerprint density at radius 2 is 2.23 bits per heavy atom. The number of thiophene rings is 1. The first kappa shape index (κ1) is 19.0. The third-order valence-electron chi connectivity index (χ3n) is 3.70. The summed E-state index contributed by atoms with van der Waals surface area (Å²) in [6.45, 7) is 7.17. The fraction of sp³-hybridized carbons (Fsp3) is 0.706. The highest BCUT2D eigenvalue weighted by atomic mass is 32.1. The van der Waals surface area contributed by atoms with Crippen LogP contribution in [0.1, 0.15) is 38.0 Å². The number of likely N-dealkylation sites (N-methyl/N-ethyl adjacent to an activating group) is 1. The summed E-state index contributed by atoms with van der Waals surface area (Å²) in [6, 6.07) is 4.28. The van der Waals surface area contributed by atoms with E-state index in [1.807, 2.05) is 0 Å². The van der Waals surface area contributed by atoms with Crippen LogP contribution in [0, 0.1) is 5.92 Å². The third-order valence-corrected chi connectivity index (χ3v) is 4.64. The third kappa shape index (κ3) is 7.27. The van der Waals surface area contributed by atoms with E-state index in [1.165, 1.54) is 4.88 Å². The molecule has 2 N–H and O–H groups in total. The zero-order chi connectivity index (χ0) is 16.2. The molecule has 0 saturated carbocycles. The lowest BCUT2D eigenvalue weighted by Gasteiger charge is -2.23. The van der Waals surface area contributed by atoms with E-state index in [4.69, 9.17) is 10.1 Å². The number of hydrogen-bond acceptors (Lipinski definition) is 3. The molecule has 0 aliphatic rings. The van der Waals surface area contributed by atoms with Crippen molar-refractivity contribution in [1.82, 2.24) is 10.2 Å². The maximum absolute atomic E-state index is 9.16. The monoisotopic (exact) mass is 325 g/mol. The lowest BCUT2D eigenvalue weighted by Crippen LogP contribution is -2.40. The van der Waals surface area contributed by atoms with E-state index in [-0.39, 0.29) is 6.61 Å². The van der Waals surface area contributed by atoms with E-state index < -0.39 is 0 Å². The summed E-state index contributed by atoms with van der Waals surface area (Å²) in [7, 11) is 2.09. The number of aliphatic imine (C=N–C) groups is 1. The van der Waals surface area contributed by atoms with Crippen molar-refractivity contribution in [3.05, 3.63) is 22.4 Å². The average molecular weight is 326 g/mol. The molecule has 1 heterocycles. The SMILES string of the molecule is CCCC(CCO)CN=C(NCC)N(C)CCc1cccs1. The lowest BCUT2D eigenvalue weighted by atomic mass is 10.0. The number of hydrogen-bond donors (Lipinski definition) is 2. The van der Waals surface area contributed by atoms with Crippen LogP contribution in [0.25, 0.3) is 0 Å². The van der Waals surface area contributed by atoms with E-state index >= 15 is 0 Å². The van der Waals surface area contributed by atoms with Gasteiger partial charge in [0, 0.05) is 38.2 Å². The highest BCUT2D eigenvalue weighted by Crippen LogP contribution is 2.12. The van der Waals surface area contributed by atoms with Gasteiger partial charge >= 0.3 is 0 Å². The molecule has 4 nitrogen and oxygen atoms in total. The highest BCUT2D eigenvalue weighted by Gasteiger charge is 2.10. The maximum atomic E-state index is 9.16. The zero-order valence-electron chi connectivity index (χ0n) is 14.2. The molecule has 0 aliphatic heterocycles. The number of aliphatic hydroxyl groups is 1. The Bertz CT molecular complexity index is 400. The molecule has 1 aromatic rings. The Balaban J connectivity index is 2.54. The van der Waals surface area contributed by atoms with Gasteiger partial charge in [0.25, 0.3) is 0 Å². The molecular formula is C17H31N3OS. The van der Waals surface area contributed by atoms with E-state index in [0.717, 1.165) is 51.3 Å². The van der Waals surface area contributed by atoms with Crippen LogP contribution < -0.4 is 5.32 Å². The standard InChI is InChI=1S/C17H31N3OS/c1-4-7-15(10-12-21)14-19-17(18-5-2)20(3)11-9-16-8-6-13-22-16/h6,8,13,15,21H,4-5,7,9-12,14H2,1-3H3,(H,18,19). The van der Waals surface area contributed by atoms with Gasteiger partial charge in [-0.3, -0.25) is 4.99 Å². The van der Waals surface area contributed by atoms with Gasteiger partial charge in [0.1, 0.15) is 0 Å². The highest BCUT2D eigenvalue weighted by molar-refractivity contribution is 7.09. The van der Waals surface area contributed by atoms with Gasteiger partial charge in [-0.05, 0) is 43.6 Å². The molecule has 22 heavy (non-hydrogen) atoms. The van der Waals surface area contributed by atoms with Gasteiger partial charge in [-0.2, -0.15) is 0 Å². The molecule has 0 bridgehead atoms. The van der Waals surface area contributed by atoms with E-state index in [1.54, 1.807) is 11.3 Å². The Hall–Kier alpha value is -1.07. The number of aliphatic hydroxyl groups excluding tert-OH is 1. The van der Waals surface area contributed by atoms with Crippen LogP contribution in [-0.4, -0.2) is 49.3 Å². The predicted octanol–water partition coefficient (Wildman–Crippen LogP) is 2.99. The van der Waals surface area contributed by atoms with Crippen molar-refractivity contribution in [2.45, 2.75) is 39.5 Å². The minimum Gasteiger partial charge on any atom is -0.396 e. The van der Waals surface area contributed by atoms with Crippen LogP contribution >= 0.6 is 11.3 Å². The van der Waals surface area contributed by atoms with Crippen molar-refractivity contribution < 1.29 is 5.11 Å². The molecule has 0 radical (unpaired) electrons. The number of nitrogens with one attached hydrogen (secondary N) is 1. The smallest absolute Gasteiger partial charge is 0.193 e. The summed E-state index contributed by atoms with van der Waals surface area (Å²) in [5.74, 6) is 1.45. The van der Waals surface area contributed by atoms with Crippen LogP contribution in [0.3, 0.4) is 0 Å². The summed E-state index contributed by atoms with van der Waals surface area (Å²) in [6.07, 6.45) is 4.16. The first-order valence-electron chi connectivity index (χ1n) is 8.33. The molecule has 0 amide bonds. The van der Waals surface area contributed by atoms with E-state index in [0.29, 0.717) is 5.92 Å². The van der Waals surface area contributed by atoms with Gasteiger partial charge in [0.15, 0.2) is 5.96 Å². The molecule has 1 rings (SSSR count). The number of guanidine groups is 1. The molecule has 126 valence electrons. The van der Waals surface area contributed by atoms with Gasteiger partial charge < -0.3 is 15.3 Å². The minimum atomic E-state index is 0.255. The fourth-order valence-electron chi connectivity index (χ4n) is 2.44. The predicted molar refractivity (Wildman–Crippen MR) is 96.7 cm³/mol. The van der Waals surface area contributed by atoms with Crippen molar-refractivity contribution >= 4 is 17.3 Å². The lowest BCUT2D eigenvalue weighted by molar-refractivity contribution is 0.253. The largest absolute Gasteiger partial charge is 0.396 e. The summed E-state index contributed by atoms with van der Waals surface area (Å²) in [4.78, 5) is 8.38. The van der Waals surface area contributed by atoms with E-state index in [2.05, 4.69) is 48.6 Å². The Morgan fingerprint density at radius 1 is 1.41 bits per heavy atom. The Labute approximate surface area is 139 Å². The topological polar surface area (TPSA) is 47.9 Å². The second-order valence-electron chi connectivity index (χ2n) is 5.61. The Kier molecular flexibility index (Phi) is 9.91. The normalized spacial score (nSPS) is 13.2. The quantitative estimate of drug-likeness (QED) is 0.513. The molecule has 1 atom stereocenters. The van der Waals surface area contributed by atoms with Crippen molar-refractivity contribution in [3.63, 3.8) is 0 Å². The number of rotatable bonds is 10. The van der Waals surface area contributed by atoms with Crippen LogP contribution in [0.5, 0.6) is 0 Å². The fourth-order valence-corrected chi connectivity index (χ4v) is 3.14. The average Bonchev–Trinajstić information content (AvgIpc) is 3.02. The molecule has 0 fully saturated rings. The molecule has 0 saturated heterocycles. The summed E-state index contributed by atoms with van der Waals surface area (Å²) in [5, 5.41) is 14.7. The summed E-state index contributed by atoms with van der Waals surface area (Å²) in [5.41, 5.74) is 0. The van der Waals surface area contributed by atoms with Crippen LogP contribution in [0.2, 0.25) is 0 Å². The van der Waals surface area contributed by atoms with Crippen LogP contribution in [0.4, 0.5) is 0 Å². The minimum absolute atomic E-state index is 0.255. The Morgan fingerprint density at radius 3 is 2.82 bits per heavy atom. The van der Waals surface area contributed by atoms with Gasteiger partial charge in [-0.1, -0.05) is 19.4 Å². The second kappa shape index (κ2) is 11.5. The van der Waals surface area contributed by atoms with Crippen LogP contribution in [-0.2, 0) is 6.42 Å². The van der Waals surface area contributed by atoms with Gasteiger partial charge in [0.2, 0.25) is 0 Å².